The molecule has 1 aromatic carbocycles. The van der Waals surface area contributed by atoms with Crippen molar-refractivity contribution in [1.29, 1.82) is 0 Å². The van der Waals surface area contributed by atoms with E-state index in [0.717, 1.165) is 12.1 Å². The van der Waals surface area contributed by atoms with Crippen LogP contribution in [0.4, 0.5) is 14.5 Å². The van der Waals surface area contributed by atoms with Gasteiger partial charge in [0, 0.05) is 6.20 Å². The molecule has 16 heavy (non-hydrogen) atoms. The number of nitrogens with one attached hydrogen (secondary N) is 1. The fraction of sp³-hybridized carbons (Fsp3) is 0. The number of pyridine rings is 1. The molecule has 2 rings (SSSR count). The summed E-state index contributed by atoms with van der Waals surface area (Å²) in [5.74, 6) is -1.69. The van der Waals surface area contributed by atoms with Crippen molar-refractivity contribution in [2.75, 3.05) is 5.48 Å². The first-order valence-electron chi connectivity index (χ1n) is 4.51. The molecule has 3 nitrogen and oxygen atoms in total. The third kappa shape index (κ3) is 1.72. The van der Waals surface area contributed by atoms with Gasteiger partial charge in [-0.2, -0.15) is 0 Å². The van der Waals surface area contributed by atoms with Crippen LogP contribution in [0.25, 0.3) is 11.3 Å². The van der Waals surface area contributed by atoms with Gasteiger partial charge in [0.05, 0.1) is 16.9 Å². The standard InChI is InChI=1S/C11H7F2N2O/c12-7-4-5-9(15-16)11(13)10(7)8-3-1-2-6-14-8/h1-6,15H/q-1. The van der Waals surface area contributed by atoms with Crippen LogP contribution >= 0.6 is 0 Å². The molecular weight excluding hydrogens is 214 g/mol. The molecule has 0 unspecified atom stereocenters. The van der Waals surface area contributed by atoms with E-state index in [2.05, 4.69) is 4.98 Å². The lowest BCUT2D eigenvalue weighted by Crippen LogP contribution is -1.97. The van der Waals surface area contributed by atoms with Crippen LogP contribution in [-0.4, -0.2) is 4.98 Å². The molecule has 0 bridgehead atoms. The van der Waals surface area contributed by atoms with E-state index in [1.54, 1.807) is 12.1 Å². The van der Waals surface area contributed by atoms with Crippen LogP contribution in [0, 0.1) is 16.8 Å². The molecule has 0 aliphatic heterocycles. The number of benzene rings is 1. The molecule has 0 saturated heterocycles. The molecule has 82 valence electrons. The van der Waals surface area contributed by atoms with E-state index in [1.807, 2.05) is 0 Å². The van der Waals surface area contributed by atoms with E-state index in [1.165, 1.54) is 17.7 Å². The summed E-state index contributed by atoms with van der Waals surface area (Å²) in [6, 6.07) is 6.78. The number of halogens is 2. The second-order valence-electron chi connectivity index (χ2n) is 3.10. The van der Waals surface area contributed by atoms with Gasteiger partial charge in [-0.1, -0.05) is 6.07 Å². The van der Waals surface area contributed by atoms with Crippen molar-refractivity contribution in [3.05, 3.63) is 53.4 Å². The van der Waals surface area contributed by atoms with Gasteiger partial charge in [0.2, 0.25) is 0 Å². The molecule has 5 heteroatoms. The van der Waals surface area contributed by atoms with Crippen molar-refractivity contribution in [3.63, 3.8) is 0 Å². The summed E-state index contributed by atoms with van der Waals surface area (Å²) < 4.78 is 27.1. The smallest absolute Gasteiger partial charge is 0.157 e. The summed E-state index contributed by atoms with van der Waals surface area (Å²) in [6.07, 6.45) is 1.42. The minimum absolute atomic E-state index is 0.148. The maximum absolute atomic E-state index is 13.7. The molecule has 1 aromatic heterocycles. The summed E-state index contributed by atoms with van der Waals surface area (Å²) >= 11 is 0. The summed E-state index contributed by atoms with van der Waals surface area (Å²) in [4.78, 5) is 3.84. The SMILES string of the molecule is [O-]Nc1ccc(F)c(-c2ccccn2)c1F. The Morgan fingerprint density at radius 2 is 1.94 bits per heavy atom. The Morgan fingerprint density at radius 3 is 2.56 bits per heavy atom. The maximum atomic E-state index is 13.7. The van der Waals surface area contributed by atoms with Crippen LogP contribution in [0.5, 0.6) is 0 Å². The number of hydrogen-bond donors (Lipinski definition) is 1. The van der Waals surface area contributed by atoms with E-state index in [4.69, 9.17) is 0 Å². The topological polar surface area (TPSA) is 48.0 Å². The largest absolute Gasteiger partial charge is 0.761 e. The highest BCUT2D eigenvalue weighted by Crippen LogP contribution is 2.28. The van der Waals surface area contributed by atoms with Crippen molar-refractivity contribution >= 4 is 5.69 Å². The van der Waals surface area contributed by atoms with E-state index in [0.29, 0.717) is 0 Å². The molecule has 0 aliphatic rings. The zero-order valence-electron chi connectivity index (χ0n) is 8.08. The van der Waals surface area contributed by atoms with Gasteiger partial charge in [-0.15, -0.1) is 0 Å². The van der Waals surface area contributed by atoms with Crippen LogP contribution in [0.3, 0.4) is 0 Å². The third-order valence-electron chi connectivity index (χ3n) is 2.12. The Labute approximate surface area is 90.3 Å². The van der Waals surface area contributed by atoms with Crippen LogP contribution in [0.15, 0.2) is 36.5 Å². The zero-order valence-corrected chi connectivity index (χ0v) is 8.08. The molecule has 0 spiro atoms. The summed E-state index contributed by atoms with van der Waals surface area (Å²) in [6.45, 7) is 0. The second-order valence-corrected chi connectivity index (χ2v) is 3.10. The third-order valence-corrected chi connectivity index (χ3v) is 2.12. The van der Waals surface area contributed by atoms with Crippen molar-refractivity contribution in [2.24, 2.45) is 0 Å². The highest BCUT2D eigenvalue weighted by molar-refractivity contribution is 5.67. The van der Waals surface area contributed by atoms with Gasteiger partial charge in [0.25, 0.3) is 0 Å². The van der Waals surface area contributed by atoms with Gasteiger partial charge in [0.15, 0.2) is 5.82 Å². The van der Waals surface area contributed by atoms with E-state index < -0.39 is 11.6 Å². The summed E-state index contributed by atoms with van der Waals surface area (Å²) in [5.41, 5.74) is 0.953. The summed E-state index contributed by atoms with van der Waals surface area (Å²) in [7, 11) is 0. The monoisotopic (exact) mass is 221 g/mol. The minimum Gasteiger partial charge on any atom is -0.761 e. The normalized spacial score (nSPS) is 10.2. The molecule has 0 fully saturated rings. The number of anilines is 1. The number of hydrogen-bond acceptors (Lipinski definition) is 3. The molecule has 0 radical (unpaired) electrons. The molecular formula is C11H7F2N2O-. The fourth-order valence-electron chi connectivity index (χ4n) is 1.38. The van der Waals surface area contributed by atoms with Gasteiger partial charge in [0.1, 0.15) is 5.82 Å². The average Bonchev–Trinajstić information content (AvgIpc) is 2.31. The number of nitrogens with zero attached hydrogens (tertiary/aromatic N) is 1. The molecule has 0 atom stereocenters. The quantitative estimate of drug-likeness (QED) is 0.793. The first-order valence-corrected chi connectivity index (χ1v) is 4.51. The highest BCUT2D eigenvalue weighted by atomic mass is 19.1. The Bertz CT molecular complexity index is 503. The van der Waals surface area contributed by atoms with Gasteiger partial charge in [-0.05, 0) is 24.3 Å². The number of aromatic nitrogens is 1. The lowest BCUT2D eigenvalue weighted by Gasteiger charge is -2.13. The first-order chi connectivity index (χ1) is 7.74. The molecule has 1 heterocycles. The molecule has 1 N–H and O–H groups in total. The molecule has 0 aliphatic carbocycles. The van der Waals surface area contributed by atoms with Crippen LogP contribution in [-0.2, 0) is 0 Å². The Morgan fingerprint density at radius 1 is 1.12 bits per heavy atom. The van der Waals surface area contributed by atoms with E-state index in [9.17, 15) is 14.0 Å². The lowest BCUT2D eigenvalue weighted by atomic mass is 10.1. The summed E-state index contributed by atoms with van der Waals surface area (Å²) in [5, 5.41) is 10.4. The zero-order chi connectivity index (χ0) is 11.5. The Hall–Kier alpha value is -2.01. The number of rotatable bonds is 2. The fourth-order valence-corrected chi connectivity index (χ4v) is 1.38. The van der Waals surface area contributed by atoms with Crippen molar-refractivity contribution in [3.8, 4) is 11.3 Å². The Balaban J connectivity index is 2.64. The second kappa shape index (κ2) is 4.24. The average molecular weight is 221 g/mol. The predicted octanol–water partition coefficient (Wildman–Crippen LogP) is 2.94. The van der Waals surface area contributed by atoms with Gasteiger partial charge in [-0.3, -0.25) is 4.98 Å². The molecule has 2 aromatic rings. The van der Waals surface area contributed by atoms with Crippen LogP contribution in [0.2, 0.25) is 0 Å². The molecule has 0 amide bonds. The minimum atomic E-state index is -0.936. The Kier molecular flexibility index (Phi) is 2.78. The highest BCUT2D eigenvalue weighted by Gasteiger charge is 2.14. The van der Waals surface area contributed by atoms with Gasteiger partial charge < -0.3 is 10.7 Å². The van der Waals surface area contributed by atoms with Crippen LogP contribution in [0.1, 0.15) is 0 Å². The predicted molar refractivity (Wildman–Crippen MR) is 56.6 cm³/mol. The van der Waals surface area contributed by atoms with Crippen LogP contribution < -0.4 is 5.48 Å². The first kappa shape index (κ1) is 10.5. The van der Waals surface area contributed by atoms with Crippen molar-refractivity contribution < 1.29 is 8.78 Å². The van der Waals surface area contributed by atoms with Gasteiger partial charge >= 0.3 is 0 Å². The van der Waals surface area contributed by atoms with E-state index >= 15 is 0 Å². The molecule has 0 saturated carbocycles. The van der Waals surface area contributed by atoms with Crippen molar-refractivity contribution in [1.82, 2.24) is 4.98 Å². The van der Waals surface area contributed by atoms with Crippen molar-refractivity contribution in [2.45, 2.75) is 0 Å². The maximum Gasteiger partial charge on any atom is 0.157 e. The lowest BCUT2D eigenvalue weighted by molar-refractivity contribution is 0.591. The van der Waals surface area contributed by atoms with E-state index in [-0.39, 0.29) is 16.9 Å². The van der Waals surface area contributed by atoms with Gasteiger partial charge in [-0.25, -0.2) is 8.78 Å².